The summed E-state index contributed by atoms with van der Waals surface area (Å²) in [7, 11) is 0. The Labute approximate surface area is 173 Å². The highest BCUT2D eigenvalue weighted by molar-refractivity contribution is 5.27. The normalized spacial score (nSPS) is 25.7. The number of nitrogens with zero attached hydrogens (tertiary/aromatic N) is 1. The number of terminal acetylenes is 1. The van der Waals surface area contributed by atoms with E-state index in [0.717, 1.165) is 10.1 Å². The van der Waals surface area contributed by atoms with Crippen LogP contribution in [0.5, 0.6) is 0 Å². The van der Waals surface area contributed by atoms with E-state index in [-0.39, 0.29) is 18.8 Å². The number of ether oxygens (including phenoxy) is 2. The molecular formula is C22H22N2O6. The van der Waals surface area contributed by atoms with Crippen molar-refractivity contribution >= 4 is 0 Å². The lowest BCUT2D eigenvalue weighted by atomic mass is 9.86. The maximum atomic E-state index is 12.3. The van der Waals surface area contributed by atoms with Gasteiger partial charge in [0, 0.05) is 18.2 Å². The number of rotatable bonds is 4. The Hall–Kier alpha value is -3.14. The zero-order valence-electron chi connectivity index (χ0n) is 16.4. The molecule has 0 bridgehead atoms. The summed E-state index contributed by atoms with van der Waals surface area (Å²) in [5.74, 6) is 8.06. The fourth-order valence-corrected chi connectivity index (χ4v) is 3.24. The third kappa shape index (κ3) is 4.23. The first-order chi connectivity index (χ1) is 14.4. The van der Waals surface area contributed by atoms with E-state index < -0.39 is 35.3 Å². The van der Waals surface area contributed by atoms with E-state index in [9.17, 15) is 19.8 Å². The Kier molecular flexibility index (Phi) is 6.56. The Balaban J connectivity index is 2.00. The van der Waals surface area contributed by atoms with Crippen LogP contribution in [-0.2, 0) is 15.9 Å². The van der Waals surface area contributed by atoms with Crippen LogP contribution in [0.3, 0.4) is 0 Å². The van der Waals surface area contributed by atoms with Gasteiger partial charge in [0.2, 0.25) is 0 Å². The summed E-state index contributed by atoms with van der Waals surface area (Å²) in [4.78, 5) is 26.1. The van der Waals surface area contributed by atoms with E-state index in [1.54, 1.807) is 0 Å². The van der Waals surface area contributed by atoms with Crippen molar-refractivity contribution in [1.29, 1.82) is 0 Å². The predicted molar refractivity (Wildman–Crippen MR) is 109 cm³/mol. The van der Waals surface area contributed by atoms with Crippen LogP contribution in [0.4, 0.5) is 0 Å². The number of hydrogen-bond donors (Lipinski definition) is 3. The molecule has 0 amide bonds. The Morgan fingerprint density at radius 1 is 1.33 bits per heavy atom. The molecule has 3 rings (SSSR count). The Morgan fingerprint density at radius 3 is 2.77 bits per heavy atom. The van der Waals surface area contributed by atoms with Gasteiger partial charge in [0.05, 0.1) is 6.61 Å². The van der Waals surface area contributed by atoms with Gasteiger partial charge in [-0.1, -0.05) is 48.1 Å². The van der Waals surface area contributed by atoms with Crippen molar-refractivity contribution in [3.8, 4) is 24.2 Å². The number of hydrogen-bond acceptors (Lipinski definition) is 6. The monoisotopic (exact) mass is 410 g/mol. The first-order valence-corrected chi connectivity index (χ1v) is 9.30. The topological polar surface area (TPSA) is 114 Å². The molecule has 4 atom stereocenters. The summed E-state index contributed by atoms with van der Waals surface area (Å²) in [5, 5.41) is 21.7. The number of aryl methyl sites for hydroxylation is 1. The van der Waals surface area contributed by atoms with Crippen molar-refractivity contribution in [1.82, 2.24) is 9.55 Å². The van der Waals surface area contributed by atoms with Crippen molar-refractivity contribution in [3.63, 3.8) is 0 Å². The molecule has 1 aliphatic rings. The molecule has 8 heteroatoms. The SMILES string of the molecule is C#CCO[C@]1(C#CCc2ccccc2)[C@H](O)CO[C@@H](n2cc(C)c(=O)[nH]c2=O)[C@@H]1O. The summed E-state index contributed by atoms with van der Waals surface area (Å²) in [5.41, 5.74) is -1.90. The lowest BCUT2D eigenvalue weighted by Crippen LogP contribution is -2.63. The fraction of sp³-hybridized carbons (Fsp3) is 0.364. The Morgan fingerprint density at radius 2 is 2.07 bits per heavy atom. The summed E-state index contributed by atoms with van der Waals surface area (Å²) >= 11 is 0. The van der Waals surface area contributed by atoms with E-state index in [1.807, 2.05) is 30.3 Å². The molecule has 1 aromatic carbocycles. The quantitative estimate of drug-likeness (QED) is 0.598. The van der Waals surface area contributed by atoms with Gasteiger partial charge in [0.25, 0.3) is 5.56 Å². The number of aromatic nitrogens is 2. The van der Waals surface area contributed by atoms with Crippen LogP contribution in [0.1, 0.15) is 17.4 Å². The Bertz CT molecular complexity index is 1100. The summed E-state index contributed by atoms with van der Waals surface area (Å²) in [6, 6.07) is 9.42. The lowest BCUT2D eigenvalue weighted by molar-refractivity contribution is -0.252. The van der Waals surface area contributed by atoms with E-state index in [4.69, 9.17) is 15.9 Å². The number of aromatic amines is 1. The second-order valence-electron chi connectivity index (χ2n) is 6.91. The van der Waals surface area contributed by atoms with Crippen LogP contribution in [0.25, 0.3) is 0 Å². The molecule has 8 nitrogen and oxygen atoms in total. The van der Waals surface area contributed by atoms with Gasteiger partial charge >= 0.3 is 5.69 Å². The zero-order valence-corrected chi connectivity index (χ0v) is 16.4. The average molecular weight is 410 g/mol. The van der Waals surface area contributed by atoms with Crippen LogP contribution in [0, 0.1) is 31.1 Å². The third-order valence-electron chi connectivity index (χ3n) is 4.86. The van der Waals surface area contributed by atoms with Gasteiger partial charge in [0.1, 0.15) is 18.8 Å². The lowest BCUT2D eigenvalue weighted by Gasteiger charge is -2.44. The highest BCUT2D eigenvalue weighted by Gasteiger charge is 2.53. The summed E-state index contributed by atoms with van der Waals surface area (Å²) in [6.45, 7) is 1.03. The number of benzene rings is 1. The van der Waals surface area contributed by atoms with Crippen molar-refractivity contribution in [2.75, 3.05) is 13.2 Å². The molecule has 1 aromatic heterocycles. The average Bonchev–Trinajstić information content (AvgIpc) is 2.74. The van der Waals surface area contributed by atoms with Gasteiger partial charge in [0.15, 0.2) is 11.8 Å². The molecule has 156 valence electrons. The first-order valence-electron chi connectivity index (χ1n) is 9.30. The van der Waals surface area contributed by atoms with Crippen LogP contribution >= 0.6 is 0 Å². The molecule has 30 heavy (non-hydrogen) atoms. The molecule has 2 heterocycles. The number of aliphatic hydroxyl groups excluding tert-OH is 2. The largest absolute Gasteiger partial charge is 0.387 e. The molecule has 0 unspecified atom stereocenters. The maximum Gasteiger partial charge on any atom is 0.330 e. The standard InChI is InChI=1S/C22H22N2O6/c1-3-12-30-22(11-7-10-16-8-5-4-6-9-16)17(25)14-29-20(18(22)26)24-13-15(2)19(27)23-21(24)28/h1,4-6,8-9,13,17-18,20,25-26H,10,12,14H2,2H3,(H,23,27,28)/t17-,18+,20-,22-/m1/s1. The van der Waals surface area contributed by atoms with Crippen molar-refractivity contribution in [3.05, 3.63) is 68.5 Å². The van der Waals surface area contributed by atoms with Crippen molar-refractivity contribution < 1.29 is 19.7 Å². The highest BCUT2D eigenvalue weighted by Crippen LogP contribution is 2.34. The van der Waals surface area contributed by atoms with E-state index >= 15 is 0 Å². The van der Waals surface area contributed by atoms with E-state index in [1.165, 1.54) is 13.1 Å². The minimum absolute atomic E-state index is 0.222. The highest BCUT2D eigenvalue weighted by atomic mass is 16.6. The predicted octanol–water partition coefficient (Wildman–Crippen LogP) is -0.270. The van der Waals surface area contributed by atoms with E-state index in [0.29, 0.717) is 6.42 Å². The van der Waals surface area contributed by atoms with Gasteiger partial charge < -0.3 is 19.7 Å². The number of nitrogens with one attached hydrogen (secondary N) is 1. The second kappa shape index (κ2) is 9.12. The maximum absolute atomic E-state index is 12.3. The molecule has 0 radical (unpaired) electrons. The summed E-state index contributed by atoms with van der Waals surface area (Å²) in [6.07, 6.45) is 2.80. The van der Waals surface area contributed by atoms with Crippen LogP contribution in [0.15, 0.2) is 46.1 Å². The van der Waals surface area contributed by atoms with Gasteiger partial charge in [-0.05, 0) is 12.5 Å². The van der Waals surface area contributed by atoms with Crippen LogP contribution in [-0.4, -0.2) is 50.8 Å². The number of H-pyrrole nitrogens is 1. The molecule has 0 saturated carbocycles. The van der Waals surface area contributed by atoms with Crippen LogP contribution in [0.2, 0.25) is 0 Å². The second-order valence-corrected chi connectivity index (χ2v) is 6.91. The van der Waals surface area contributed by atoms with Gasteiger partial charge in [-0.25, -0.2) is 4.79 Å². The number of aliphatic hydroxyl groups is 2. The molecule has 2 aromatic rings. The van der Waals surface area contributed by atoms with Crippen LogP contribution < -0.4 is 11.2 Å². The fourth-order valence-electron chi connectivity index (χ4n) is 3.24. The molecule has 0 aliphatic carbocycles. The van der Waals surface area contributed by atoms with E-state index in [2.05, 4.69) is 22.7 Å². The molecule has 1 fully saturated rings. The molecule has 1 aliphatic heterocycles. The smallest absolute Gasteiger partial charge is 0.330 e. The first kappa shape index (κ1) is 21.6. The minimum atomic E-state index is -1.78. The third-order valence-corrected chi connectivity index (χ3v) is 4.86. The van der Waals surface area contributed by atoms with Gasteiger partial charge in [-0.2, -0.15) is 0 Å². The molecular weight excluding hydrogens is 388 g/mol. The van der Waals surface area contributed by atoms with Crippen molar-refractivity contribution in [2.45, 2.75) is 37.4 Å². The summed E-state index contributed by atoms with van der Waals surface area (Å²) < 4.78 is 12.2. The molecule has 0 spiro atoms. The van der Waals surface area contributed by atoms with Crippen molar-refractivity contribution in [2.24, 2.45) is 0 Å². The van der Waals surface area contributed by atoms with Gasteiger partial charge in [-0.15, -0.1) is 6.42 Å². The zero-order chi connectivity index (χ0) is 21.7. The molecule has 3 N–H and O–H groups in total. The van der Waals surface area contributed by atoms with Gasteiger partial charge in [-0.3, -0.25) is 14.3 Å². The molecule has 1 saturated heterocycles. The minimum Gasteiger partial charge on any atom is -0.387 e.